The molecule has 5 nitrogen and oxygen atoms in total. The maximum atomic E-state index is 5.87. The molecule has 1 aromatic carbocycles. The number of hydrogen-bond acceptors (Lipinski definition) is 5. The van der Waals surface area contributed by atoms with E-state index in [1.165, 1.54) is 12.0 Å². The maximum absolute atomic E-state index is 5.87. The number of aryl methyl sites for hydroxylation is 1. The number of benzene rings is 1. The minimum Gasteiger partial charge on any atom is -0.490 e. The number of rotatable bonds is 8. The monoisotopic (exact) mass is 358 g/mol. The van der Waals surface area contributed by atoms with E-state index in [0.717, 1.165) is 48.9 Å². The molecular formula is C21H30N2O3. The summed E-state index contributed by atoms with van der Waals surface area (Å²) in [6.45, 7) is 10.7. The summed E-state index contributed by atoms with van der Waals surface area (Å²) >= 11 is 0. The Labute approximate surface area is 156 Å². The quantitative estimate of drug-likeness (QED) is 0.681. The summed E-state index contributed by atoms with van der Waals surface area (Å²) in [6.07, 6.45) is 3.33. The second-order valence-electron chi connectivity index (χ2n) is 7.08. The van der Waals surface area contributed by atoms with Crippen LogP contribution in [-0.2, 0) is 13.0 Å². The van der Waals surface area contributed by atoms with Crippen LogP contribution in [-0.4, -0.2) is 29.3 Å². The molecule has 0 unspecified atom stereocenters. The van der Waals surface area contributed by atoms with Gasteiger partial charge in [-0.1, -0.05) is 18.1 Å². The van der Waals surface area contributed by atoms with Gasteiger partial charge in [-0.2, -0.15) is 0 Å². The number of aromatic nitrogens is 1. The average Bonchev–Trinajstić information content (AvgIpc) is 3.25. The van der Waals surface area contributed by atoms with Crippen LogP contribution in [0.1, 0.15) is 63.6 Å². The van der Waals surface area contributed by atoms with E-state index < -0.39 is 0 Å². The highest BCUT2D eigenvalue weighted by Gasteiger charge is 2.29. The first-order valence-electron chi connectivity index (χ1n) is 9.72. The Morgan fingerprint density at radius 1 is 1.23 bits per heavy atom. The van der Waals surface area contributed by atoms with E-state index in [-0.39, 0.29) is 6.10 Å². The summed E-state index contributed by atoms with van der Waals surface area (Å²) in [5.41, 5.74) is 2.26. The van der Waals surface area contributed by atoms with Crippen LogP contribution in [0.5, 0.6) is 11.5 Å². The van der Waals surface area contributed by atoms with Gasteiger partial charge in [0.2, 0.25) is 0 Å². The first kappa shape index (κ1) is 18.8. The summed E-state index contributed by atoms with van der Waals surface area (Å²) in [5, 5.41) is 4.16. The van der Waals surface area contributed by atoms with Gasteiger partial charge in [0.05, 0.1) is 24.4 Å². The molecule has 0 aliphatic carbocycles. The van der Waals surface area contributed by atoms with Crippen molar-refractivity contribution >= 4 is 0 Å². The number of nitrogens with zero attached hydrogens (tertiary/aromatic N) is 2. The van der Waals surface area contributed by atoms with Gasteiger partial charge >= 0.3 is 0 Å². The van der Waals surface area contributed by atoms with Crippen molar-refractivity contribution in [1.29, 1.82) is 0 Å². The third-order valence-electron chi connectivity index (χ3n) is 4.69. The van der Waals surface area contributed by atoms with Crippen molar-refractivity contribution in [2.24, 2.45) is 0 Å². The van der Waals surface area contributed by atoms with Gasteiger partial charge in [0.1, 0.15) is 0 Å². The molecule has 0 saturated carbocycles. The van der Waals surface area contributed by atoms with Gasteiger partial charge < -0.3 is 14.0 Å². The summed E-state index contributed by atoms with van der Waals surface area (Å²) in [4.78, 5) is 2.47. The average molecular weight is 358 g/mol. The van der Waals surface area contributed by atoms with Crippen molar-refractivity contribution in [1.82, 2.24) is 10.1 Å². The zero-order chi connectivity index (χ0) is 18.5. The molecule has 1 aromatic heterocycles. The lowest BCUT2D eigenvalue weighted by Crippen LogP contribution is -2.22. The summed E-state index contributed by atoms with van der Waals surface area (Å²) in [6, 6.07) is 8.68. The second-order valence-corrected chi connectivity index (χ2v) is 7.08. The fraction of sp³-hybridized carbons (Fsp3) is 0.571. The van der Waals surface area contributed by atoms with Gasteiger partial charge in [0.25, 0.3) is 0 Å². The van der Waals surface area contributed by atoms with Crippen LogP contribution in [0.2, 0.25) is 0 Å². The molecule has 0 spiro atoms. The Balaban J connectivity index is 1.75. The van der Waals surface area contributed by atoms with Crippen molar-refractivity contribution in [2.45, 2.75) is 65.6 Å². The highest BCUT2D eigenvalue weighted by Crippen LogP contribution is 2.35. The molecule has 0 bridgehead atoms. The van der Waals surface area contributed by atoms with E-state index in [4.69, 9.17) is 14.0 Å². The van der Waals surface area contributed by atoms with Gasteiger partial charge in [-0.25, -0.2) is 0 Å². The molecule has 1 aliphatic heterocycles. The van der Waals surface area contributed by atoms with Crippen LogP contribution in [0.25, 0.3) is 0 Å². The Bertz CT molecular complexity index is 711. The van der Waals surface area contributed by atoms with Crippen molar-refractivity contribution in [3.05, 3.63) is 41.3 Å². The molecule has 2 aromatic rings. The minimum absolute atomic E-state index is 0.127. The van der Waals surface area contributed by atoms with E-state index in [0.29, 0.717) is 12.6 Å². The molecule has 1 fully saturated rings. The van der Waals surface area contributed by atoms with Crippen LogP contribution in [0.4, 0.5) is 0 Å². The summed E-state index contributed by atoms with van der Waals surface area (Å²) < 4.78 is 17.3. The topological polar surface area (TPSA) is 47.7 Å². The van der Waals surface area contributed by atoms with Crippen LogP contribution in [0.3, 0.4) is 0 Å². The standard InChI is InChI=1S/C21H30N2O3/c1-5-17-13-20(26-22-17)18-8-7-11-23(18)14-16-9-10-19(25-15(3)4)21(12-16)24-6-2/h9-10,12-13,15,18H,5-8,11,14H2,1-4H3/t18-/m1/s1. The predicted octanol–water partition coefficient (Wildman–Crippen LogP) is 4.76. The smallest absolute Gasteiger partial charge is 0.161 e. The highest BCUT2D eigenvalue weighted by atomic mass is 16.5. The molecule has 5 heteroatoms. The molecule has 142 valence electrons. The molecule has 3 rings (SSSR count). The number of likely N-dealkylation sites (tertiary alicyclic amines) is 1. The first-order chi connectivity index (χ1) is 12.6. The lowest BCUT2D eigenvalue weighted by Gasteiger charge is -2.23. The van der Waals surface area contributed by atoms with Crippen molar-refractivity contribution in [3.8, 4) is 11.5 Å². The fourth-order valence-corrected chi connectivity index (χ4v) is 3.49. The molecule has 1 atom stereocenters. The number of hydrogen-bond donors (Lipinski definition) is 0. The lowest BCUT2D eigenvalue weighted by atomic mass is 10.1. The van der Waals surface area contributed by atoms with Crippen molar-refractivity contribution in [3.63, 3.8) is 0 Å². The highest BCUT2D eigenvalue weighted by molar-refractivity contribution is 5.43. The van der Waals surface area contributed by atoms with Crippen LogP contribution < -0.4 is 9.47 Å². The van der Waals surface area contributed by atoms with Crippen LogP contribution >= 0.6 is 0 Å². The molecule has 1 aliphatic rings. The molecule has 0 amide bonds. The Morgan fingerprint density at radius 3 is 2.77 bits per heavy atom. The lowest BCUT2D eigenvalue weighted by molar-refractivity contribution is 0.205. The molecule has 26 heavy (non-hydrogen) atoms. The summed E-state index contributed by atoms with van der Waals surface area (Å²) in [7, 11) is 0. The zero-order valence-electron chi connectivity index (χ0n) is 16.3. The summed E-state index contributed by atoms with van der Waals surface area (Å²) in [5.74, 6) is 2.62. The van der Waals surface area contributed by atoms with Gasteiger partial charge in [-0.3, -0.25) is 4.90 Å². The normalized spacial score (nSPS) is 17.8. The molecule has 0 N–H and O–H groups in total. The van der Waals surface area contributed by atoms with E-state index in [1.807, 2.05) is 26.8 Å². The van der Waals surface area contributed by atoms with Crippen LogP contribution in [0, 0.1) is 0 Å². The van der Waals surface area contributed by atoms with Gasteiger partial charge in [-0.15, -0.1) is 0 Å². The van der Waals surface area contributed by atoms with Gasteiger partial charge in [0, 0.05) is 12.6 Å². The second kappa shape index (κ2) is 8.58. The minimum atomic E-state index is 0.127. The third kappa shape index (κ3) is 4.39. The molecule has 2 heterocycles. The van der Waals surface area contributed by atoms with Gasteiger partial charge in [0.15, 0.2) is 17.3 Å². The van der Waals surface area contributed by atoms with E-state index in [1.54, 1.807) is 0 Å². The van der Waals surface area contributed by atoms with Gasteiger partial charge in [-0.05, 0) is 64.3 Å². The molecular weight excluding hydrogens is 328 g/mol. The molecule has 1 saturated heterocycles. The third-order valence-corrected chi connectivity index (χ3v) is 4.69. The van der Waals surface area contributed by atoms with E-state index >= 15 is 0 Å². The fourth-order valence-electron chi connectivity index (χ4n) is 3.49. The SMILES string of the molecule is CCOc1cc(CN2CCC[C@@H]2c2cc(CC)no2)ccc1OC(C)C. The molecule has 0 radical (unpaired) electrons. The number of ether oxygens (including phenoxy) is 2. The van der Waals surface area contributed by atoms with Crippen LogP contribution in [0.15, 0.2) is 28.8 Å². The van der Waals surface area contributed by atoms with Crippen molar-refractivity contribution < 1.29 is 14.0 Å². The predicted molar refractivity (Wildman–Crippen MR) is 102 cm³/mol. The van der Waals surface area contributed by atoms with E-state index in [2.05, 4.69) is 35.2 Å². The Kier molecular flexibility index (Phi) is 6.20. The van der Waals surface area contributed by atoms with Crippen molar-refractivity contribution in [2.75, 3.05) is 13.2 Å². The Morgan fingerprint density at radius 2 is 2.08 bits per heavy atom. The maximum Gasteiger partial charge on any atom is 0.161 e. The van der Waals surface area contributed by atoms with E-state index in [9.17, 15) is 0 Å². The first-order valence-corrected chi connectivity index (χ1v) is 9.72. The Hall–Kier alpha value is -2.01. The largest absolute Gasteiger partial charge is 0.490 e. The zero-order valence-corrected chi connectivity index (χ0v) is 16.3.